The Morgan fingerprint density at radius 2 is 2.00 bits per heavy atom. The van der Waals surface area contributed by atoms with Crippen LogP contribution in [-0.4, -0.2) is 25.3 Å². The largest absolute Gasteiger partial charge is 0.404 e. The van der Waals surface area contributed by atoms with Crippen LogP contribution in [0.1, 0.15) is 18.9 Å². The summed E-state index contributed by atoms with van der Waals surface area (Å²) in [6.45, 7) is 4.77. The number of carbonyl (C=O) groups is 1. The first-order chi connectivity index (χ1) is 9.62. The lowest BCUT2D eigenvalue weighted by molar-refractivity contribution is -0.112. The number of aryl methyl sites for hydroxylation is 1. The number of nitrogens with zero attached hydrogens (tertiary/aromatic N) is 1. The van der Waals surface area contributed by atoms with Gasteiger partial charge in [0.2, 0.25) is 0 Å². The van der Waals surface area contributed by atoms with E-state index in [4.69, 9.17) is 5.73 Å². The molecule has 0 aromatic heterocycles. The van der Waals surface area contributed by atoms with E-state index in [-0.39, 0.29) is 5.91 Å². The van der Waals surface area contributed by atoms with Crippen LogP contribution in [0.15, 0.2) is 41.0 Å². The van der Waals surface area contributed by atoms with Gasteiger partial charge in [0, 0.05) is 25.5 Å². The van der Waals surface area contributed by atoms with Gasteiger partial charge in [-0.25, -0.2) is 0 Å². The quantitative estimate of drug-likeness (QED) is 0.435. The van der Waals surface area contributed by atoms with Crippen LogP contribution in [0.2, 0.25) is 0 Å². The highest BCUT2D eigenvalue weighted by atomic mass is 16.1. The second-order valence-electron chi connectivity index (χ2n) is 4.40. The molecule has 0 aliphatic rings. The molecule has 0 saturated heterocycles. The fourth-order valence-corrected chi connectivity index (χ4v) is 1.64. The van der Waals surface area contributed by atoms with Gasteiger partial charge in [0.15, 0.2) is 0 Å². The fourth-order valence-electron chi connectivity index (χ4n) is 1.64. The number of rotatable bonds is 5. The highest BCUT2D eigenvalue weighted by Crippen LogP contribution is 2.10. The van der Waals surface area contributed by atoms with Crippen molar-refractivity contribution in [3.63, 3.8) is 0 Å². The molecule has 1 aromatic carbocycles. The second-order valence-corrected chi connectivity index (χ2v) is 4.40. The molecule has 4 N–H and O–H groups in total. The Morgan fingerprint density at radius 1 is 1.35 bits per heavy atom. The summed E-state index contributed by atoms with van der Waals surface area (Å²) in [6, 6.07) is 7.57. The lowest BCUT2D eigenvalue weighted by Crippen LogP contribution is -2.32. The SMILES string of the molecule is CCCNC(=NC)/C(=C\N)C(=O)Nc1ccc(C)cc1. The van der Waals surface area contributed by atoms with Crippen molar-refractivity contribution in [2.75, 3.05) is 18.9 Å². The first-order valence-electron chi connectivity index (χ1n) is 6.63. The zero-order chi connectivity index (χ0) is 15.0. The number of nitrogens with two attached hydrogens (primary N) is 1. The minimum absolute atomic E-state index is 0.277. The van der Waals surface area contributed by atoms with Gasteiger partial charge in [-0.05, 0) is 25.5 Å². The third-order valence-electron chi connectivity index (χ3n) is 2.74. The van der Waals surface area contributed by atoms with E-state index in [0.29, 0.717) is 11.4 Å². The number of amides is 1. The molecule has 0 aliphatic heterocycles. The van der Waals surface area contributed by atoms with E-state index in [1.807, 2.05) is 38.1 Å². The van der Waals surface area contributed by atoms with Gasteiger partial charge in [-0.2, -0.15) is 0 Å². The van der Waals surface area contributed by atoms with Crippen LogP contribution in [-0.2, 0) is 4.79 Å². The highest BCUT2D eigenvalue weighted by molar-refractivity contribution is 6.24. The van der Waals surface area contributed by atoms with E-state index >= 15 is 0 Å². The van der Waals surface area contributed by atoms with Gasteiger partial charge in [0.1, 0.15) is 5.84 Å². The molecule has 5 heteroatoms. The van der Waals surface area contributed by atoms with Crippen LogP contribution in [0.5, 0.6) is 0 Å². The Hall–Kier alpha value is -2.30. The zero-order valence-corrected chi connectivity index (χ0v) is 12.2. The minimum atomic E-state index is -0.277. The Bertz CT molecular complexity index is 503. The summed E-state index contributed by atoms with van der Waals surface area (Å²) in [7, 11) is 1.63. The molecule has 1 rings (SSSR count). The Balaban J connectivity index is 2.79. The van der Waals surface area contributed by atoms with Gasteiger partial charge in [-0.1, -0.05) is 24.6 Å². The van der Waals surface area contributed by atoms with E-state index in [9.17, 15) is 4.79 Å². The van der Waals surface area contributed by atoms with Crippen molar-refractivity contribution in [3.05, 3.63) is 41.6 Å². The Morgan fingerprint density at radius 3 is 2.50 bits per heavy atom. The average Bonchev–Trinajstić information content (AvgIpc) is 2.45. The topological polar surface area (TPSA) is 79.5 Å². The van der Waals surface area contributed by atoms with Gasteiger partial charge >= 0.3 is 0 Å². The van der Waals surface area contributed by atoms with Crippen molar-refractivity contribution in [2.45, 2.75) is 20.3 Å². The van der Waals surface area contributed by atoms with Gasteiger partial charge in [0.05, 0.1) is 5.57 Å². The fraction of sp³-hybridized carbons (Fsp3) is 0.333. The third-order valence-corrected chi connectivity index (χ3v) is 2.74. The predicted octanol–water partition coefficient (Wildman–Crippen LogP) is 1.80. The zero-order valence-electron chi connectivity index (χ0n) is 12.2. The minimum Gasteiger partial charge on any atom is -0.404 e. The maximum absolute atomic E-state index is 12.2. The molecule has 20 heavy (non-hydrogen) atoms. The first kappa shape index (κ1) is 15.8. The van der Waals surface area contributed by atoms with Crippen molar-refractivity contribution in [3.8, 4) is 0 Å². The number of anilines is 1. The Kier molecular flexibility index (Phi) is 6.29. The van der Waals surface area contributed by atoms with E-state index < -0.39 is 0 Å². The van der Waals surface area contributed by atoms with Crippen molar-refractivity contribution in [2.24, 2.45) is 10.7 Å². The molecular weight excluding hydrogens is 252 g/mol. The molecule has 1 amide bonds. The monoisotopic (exact) mass is 274 g/mol. The smallest absolute Gasteiger partial charge is 0.260 e. The van der Waals surface area contributed by atoms with Crippen LogP contribution in [0.4, 0.5) is 5.69 Å². The summed E-state index contributed by atoms with van der Waals surface area (Å²) in [5.41, 5.74) is 7.76. The number of hydrogen-bond acceptors (Lipinski definition) is 3. The van der Waals surface area contributed by atoms with Crippen molar-refractivity contribution in [1.29, 1.82) is 0 Å². The number of carbonyl (C=O) groups excluding carboxylic acids is 1. The van der Waals surface area contributed by atoms with E-state index in [2.05, 4.69) is 15.6 Å². The molecule has 0 spiro atoms. The molecule has 0 bridgehead atoms. The van der Waals surface area contributed by atoms with Crippen LogP contribution in [0, 0.1) is 6.92 Å². The number of aliphatic imine (C=N–C) groups is 1. The molecule has 0 heterocycles. The number of amidine groups is 1. The van der Waals surface area contributed by atoms with E-state index in [1.165, 1.54) is 6.20 Å². The lowest BCUT2D eigenvalue weighted by Gasteiger charge is -2.12. The normalized spacial score (nSPS) is 12.2. The van der Waals surface area contributed by atoms with Crippen molar-refractivity contribution in [1.82, 2.24) is 5.32 Å². The van der Waals surface area contributed by atoms with Crippen LogP contribution >= 0.6 is 0 Å². The predicted molar refractivity (Wildman–Crippen MR) is 83.7 cm³/mol. The highest BCUT2D eigenvalue weighted by Gasteiger charge is 2.15. The number of hydrogen-bond donors (Lipinski definition) is 3. The molecule has 5 nitrogen and oxygen atoms in total. The van der Waals surface area contributed by atoms with Gasteiger partial charge in [-0.3, -0.25) is 9.79 Å². The molecule has 108 valence electrons. The summed E-state index contributed by atoms with van der Waals surface area (Å²) in [5, 5.41) is 5.89. The van der Waals surface area contributed by atoms with Crippen LogP contribution in [0.3, 0.4) is 0 Å². The molecule has 0 saturated carbocycles. The maximum atomic E-state index is 12.2. The van der Waals surface area contributed by atoms with Crippen molar-refractivity contribution < 1.29 is 4.79 Å². The Labute approximate surface area is 120 Å². The molecule has 0 atom stereocenters. The summed E-state index contributed by atoms with van der Waals surface area (Å²) >= 11 is 0. The van der Waals surface area contributed by atoms with Crippen molar-refractivity contribution >= 4 is 17.4 Å². The summed E-state index contributed by atoms with van der Waals surface area (Å²) in [4.78, 5) is 16.3. The van der Waals surface area contributed by atoms with E-state index in [1.54, 1.807) is 7.05 Å². The number of nitrogens with one attached hydrogen (secondary N) is 2. The molecule has 1 aromatic rings. The van der Waals surface area contributed by atoms with Crippen LogP contribution in [0.25, 0.3) is 0 Å². The first-order valence-corrected chi connectivity index (χ1v) is 6.63. The summed E-state index contributed by atoms with van der Waals surface area (Å²) in [6.07, 6.45) is 2.21. The number of benzene rings is 1. The van der Waals surface area contributed by atoms with Gasteiger partial charge < -0.3 is 16.4 Å². The molecule has 0 aliphatic carbocycles. The maximum Gasteiger partial charge on any atom is 0.260 e. The standard InChI is InChI=1S/C15H22N4O/c1-4-9-18-14(17-3)13(10-16)15(20)19-12-7-5-11(2)6-8-12/h5-8,10H,4,9,16H2,1-3H3,(H,17,18)(H,19,20)/b13-10+. The molecule has 0 radical (unpaired) electrons. The third kappa shape index (κ3) is 4.42. The average molecular weight is 274 g/mol. The molecule has 0 unspecified atom stereocenters. The summed E-state index contributed by atoms with van der Waals surface area (Å²) in [5.74, 6) is 0.222. The lowest BCUT2D eigenvalue weighted by atomic mass is 10.2. The van der Waals surface area contributed by atoms with Gasteiger partial charge in [-0.15, -0.1) is 0 Å². The van der Waals surface area contributed by atoms with Crippen LogP contribution < -0.4 is 16.4 Å². The summed E-state index contributed by atoms with van der Waals surface area (Å²) < 4.78 is 0. The second kappa shape index (κ2) is 7.99. The molecular formula is C15H22N4O. The molecule has 0 fully saturated rings. The van der Waals surface area contributed by atoms with Gasteiger partial charge in [0.25, 0.3) is 5.91 Å². The van der Waals surface area contributed by atoms with E-state index in [0.717, 1.165) is 24.2 Å².